The summed E-state index contributed by atoms with van der Waals surface area (Å²) in [5.41, 5.74) is 3.56. The Kier molecular flexibility index (Phi) is 7.71. The van der Waals surface area contributed by atoms with Crippen LogP contribution in [0.4, 0.5) is 4.39 Å². The van der Waals surface area contributed by atoms with Crippen LogP contribution < -0.4 is 20.2 Å². The Morgan fingerprint density at radius 1 is 1.14 bits per heavy atom. The van der Waals surface area contributed by atoms with Crippen LogP contribution in [-0.4, -0.2) is 31.7 Å². The van der Waals surface area contributed by atoms with Crippen LogP contribution in [0, 0.1) is 5.82 Å². The van der Waals surface area contributed by atoms with Crippen LogP contribution in [0.1, 0.15) is 11.1 Å². The van der Waals surface area contributed by atoms with E-state index in [4.69, 9.17) is 9.47 Å². The van der Waals surface area contributed by atoms with Gasteiger partial charge in [-0.2, -0.15) is 5.10 Å². The maximum atomic E-state index is 12.9. The molecule has 2 amide bonds. The largest absolute Gasteiger partial charge is 0.493 e. The standard InChI is InChI=1S/C20H20FN3O4/c1-3-10-22-19(25)20(26)24-23-12-15-6-9-17(18(11-15)27-2)28-13-14-4-7-16(21)8-5-14/h3-9,11-12H,1,10,13H2,2H3,(H,22,25)(H,24,26)/b23-12-. The number of hydrogen-bond donors (Lipinski definition) is 2. The third kappa shape index (κ3) is 6.24. The van der Waals surface area contributed by atoms with Gasteiger partial charge in [-0.05, 0) is 41.5 Å². The van der Waals surface area contributed by atoms with Crippen molar-refractivity contribution in [3.05, 3.63) is 72.1 Å². The fourth-order valence-corrected chi connectivity index (χ4v) is 2.09. The molecule has 0 unspecified atom stereocenters. The summed E-state index contributed by atoms with van der Waals surface area (Å²) in [7, 11) is 1.49. The van der Waals surface area contributed by atoms with Crippen LogP contribution in [-0.2, 0) is 16.2 Å². The summed E-state index contributed by atoms with van der Waals surface area (Å²) in [6.45, 7) is 3.87. The van der Waals surface area contributed by atoms with Crippen molar-refractivity contribution >= 4 is 18.0 Å². The molecule has 0 saturated carbocycles. The van der Waals surface area contributed by atoms with Gasteiger partial charge in [0.2, 0.25) is 0 Å². The smallest absolute Gasteiger partial charge is 0.329 e. The fraction of sp³-hybridized carbons (Fsp3) is 0.150. The summed E-state index contributed by atoms with van der Waals surface area (Å²) in [5, 5.41) is 6.07. The van der Waals surface area contributed by atoms with Crippen molar-refractivity contribution in [1.82, 2.24) is 10.7 Å². The van der Waals surface area contributed by atoms with Gasteiger partial charge in [0.15, 0.2) is 11.5 Å². The predicted molar refractivity (Wildman–Crippen MR) is 103 cm³/mol. The van der Waals surface area contributed by atoms with Crippen LogP contribution in [0.5, 0.6) is 11.5 Å². The van der Waals surface area contributed by atoms with Gasteiger partial charge in [0, 0.05) is 6.54 Å². The second-order valence-electron chi connectivity index (χ2n) is 5.52. The molecule has 0 aliphatic rings. The van der Waals surface area contributed by atoms with Crippen LogP contribution in [0.3, 0.4) is 0 Å². The van der Waals surface area contributed by atoms with Gasteiger partial charge in [-0.1, -0.05) is 18.2 Å². The van der Waals surface area contributed by atoms with Crippen molar-refractivity contribution in [3.8, 4) is 11.5 Å². The van der Waals surface area contributed by atoms with Crippen molar-refractivity contribution < 1.29 is 23.5 Å². The van der Waals surface area contributed by atoms with E-state index in [1.54, 1.807) is 30.3 Å². The lowest BCUT2D eigenvalue weighted by atomic mass is 10.2. The first-order valence-electron chi connectivity index (χ1n) is 8.31. The number of nitrogens with zero attached hydrogens (tertiary/aromatic N) is 1. The zero-order valence-corrected chi connectivity index (χ0v) is 15.3. The summed E-state index contributed by atoms with van der Waals surface area (Å²) in [5.74, 6) is -1.04. The molecule has 28 heavy (non-hydrogen) atoms. The molecule has 0 fully saturated rings. The average molecular weight is 385 g/mol. The molecule has 0 aliphatic carbocycles. The van der Waals surface area contributed by atoms with Gasteiger partial charge in [0.25, 0.3) is 0 Å². The van der Waals surface area contributed by atoms with E-state index in [9.17, 15) is 14.0 Å². The van der Waals surface area contributed by atoms with Crippen molar-refractivity contribution in [2.75, 3.05) is 13.7 Å². The van der Waals surface area contributed by atoms with Crippen molar-refractivity contribution in [2.24, 2.45) is 5.10 Å². The molecular formula is C20H20FN3O4. The summed E-state index contributed by atoms with van der Waals surface area (Å²) in [6.07, 6.45) is 2.82. The van der Waals surface area contributed by atoms with Crippen LogP contribution in [0.15, 0.2) is 60.2 Å². The van der Waals surface area contributed by atoms with E-state index in [1.807, 2.05) is 0 Å². The number of hydrazone groups is 1. The highest BCUT2D eigenvalue weighted by Crippen LogP contribution is 2.28. The van der Waals surface area contributed by atoms with E-state index in [-0.39, 0.29) is 19.0 Å². The molecule has 8 heteroatoms. The monoisotopic (exact) mass is 385 g/mol. The van der Waals surface area contributed by atoms with E-state index in [0.29, 0.717) is 17.1 Å². The Morgan fingerprint density at radius 2 is 1.89 bits per heavy atom. The normalized spacial score (nSPS) is 10.4. The molecule has 0 bridgehead atoms. The number of amides is 2. The maximum Gasteiger partial charge on any atom is 0.329 e. The van der Waals surface area contributed by atoms with Gasteiger partial charge < -0.3 is 14.8 Å². The topological polar surface area (TPSA) is 89.0 Å². The molecule has 2 aromatic carbocycles. The lowest BCUT2D eigenvalue weighted by Gasteiger charge is -2.11. The van der Waals surface area contributed by atoms with E-state index in [2.05, 4.69) is 22.4 Å². The SMILES string of the molecule is C=CCNC(=O)C(=O)N/N=C\c1ccc(OCc2ccc(F)cc2)c(OC)c1. The van der Waals surface area contributed by atoms with E-state index in [0.717, 1.165) is 5.56 Å². The highest BCUT2D eigenvalue weighted by molar-refractivity contribution is 6.35. The lowest BCUT2D eigenvalue weighted by molar-refractivity contribution is -0.139. The molecule has 0 aromatic heterocycles. The number of halogens is 1. The van der Waals surface area contributed by atoms with E-state index < -0.39 is 11.8 Å². The number of ether oxygens (including phenoxy) is 2. The molecule has 0 atom stereocenters. The molecule has 0 spiro atoms. The van der Waals surface area contributed by atoms with Gasteiger partial charge >= 0.3 is 11.8 Å². The first kappa shape index (κ1) is 20.6. The van der Waals surface area contributed by atoms with Crippen LogP contribution >= 0.6 is 0 Å². The summed E-state index contributed by atoms with van der Waals surface area (Å²) in [4.78, 5) is 22.9. The number of carbonyl (C=O) groups excluding carboxylic acids is 2. The van der Waals surface area contributed by atoms with Gasteiger partial charge in [-0.15, -0.1) is 6.58 Å². The molecule has 2 aromatic rings. The van der Waals surface area contributed by atoms with Crippen LogP contribution in [0.2, 0.25) is 0 Å². The predicted octanol–water partition coefficient (Wildman–Crippen LogP) is 2.17. The van der Waals surface area contributed by atoms with Gasteiger partial charge in [0.1, 0.15) is 12.4 Å². The molecule has 7 nitrogen and oxygen atoms in total. The maximum absolute atomic E-state index is 12.9. The second kappa shape index (κ2) is 10.5. The Balaban J connectivity index is 1.96. The Hall–Kier alpha value is -3.68. The highest BCUT2D eigenvalue weighted by atomic mass is 19.1. The molecule has 2 rings (SSSR count). The first-order valence-corrected chi connectivity index (χ1v) is 8.31. The minimum absolute atomic E-state index is 0.187. The van der Waals surface area contributed by atoms with Gasteiger partial charge in [0.05, 0.1) is 13.3 Å². The molecule has 0 heterocycles. The number of rotatable bonds is 8. The second-order valence-corrected chi connectivity index (χ2v) is 5.52. The Bertz CT molecular complexity index is 866. The van der Waals surface area contributed by atoms with Crippen molar-refractivity contribution in [2.45, 2.75) is 6.61 Å². The molecule has 0 saturated heterocycles. The zero-order chi connectivity index (χ0) is 20.4. The minimum Gasteiger partial charge on any atom is -0.493 e. The number of methoxy groups -OCH3 is 1. The fourth-order valence-electron chi connectivity index (χ4n) is 2.09. The van der Waals surface area contributed by atoms with Gasteiger partial charge in [-0.25, -0.2) is 9.82 Å². The number of nitrogens with one attached hydrogen (secondary N) is 2. The van der Waals surface area contributed by atoms with Crippen LogP contribution in [0.25, 0.3) is 0 Å². The number of carbonyl (C=O) groups is 2. The van der Waals surface area contributed by atoms with Gasteiger partial charge in [-0.3, -0.25) is 9.59 Å². The lowest BCUT2D eigenvalue weighted by Crippen LogP contribution is -2.37. The summed E-state index contributed by atoms with van der Waals surface area (Å²) < 4.78 is 23.9. The average Bonchev–Trinajstić information content (AvgIpc) is 2.71. The van der Waals surface area contributed by atoms with E-state index >= 15 is 0 Å². The Labute approximate surface area is 161 Å². The number of hydrogen-bond acceptors (Lipinski definition) is 5. The third-order valence-corrected chi connectivity index (χ3v) is 3.49. The van der Waals surface area contributed by atoms with Crippen molar-refractivity contribution in [3.63, 3.8) is 0 Å². The Morgan fingerprint density at radius 3 is 2.57 bits per heavy atom. The minimum atomic E-state index is -0.885. The summed E-state index contributed by atoms with van der Waals surface area (Å²) in [6, 6.07) is 11.0. The third-order valence-electron chi connectivity index (χ3n) is 3.49. The van der Waals surface area contributed by atoms with E-state index in [1.165, 1.54) is 31.5 Å². The molecule has 2 N–H and O–H groups in total. The first-order chi connectivity index (χ1) is 13.5. The number of benzene rings is 2. The molecule has 0 radical (unpaired) electrons. The highest BCUT2D eigenvalue weighted by Gasteiger charge is 2.11. The molecule has 0 aliphatic heterocycles. The molecule has 146 valence electrons. The molecular weight excluding hydrogens is 365 g/mol. The van der Waals surface area contributed by atoms with Crippen molar-refractivity contribution in [1.29, 1.82) is 0 Å². The summed E-state index contributed by atoms with van der Waals surface area (Å²) >= 11 is 0. The zero-order valence-electron chi connectivity index (χ0n) is 15.3. The quantitative estimate of drug-likeness (QED) is 0.315.